The number of fused-ring (bicyclic) bond motifs is 1. The highest BCUT2D eigenvalue weighted by atomic mass is 127. The molecule has 7 nitrogen and oxygen atoms in total. The summed E-state index contributed by atoms with van der Waals surface area (Å²) in [5.41, 5.74) is 2.28. The monoisotopic (exact) mass is 496 g/mol. The number of rotatable bonds is 5. The Labute approximate surface area is 183 Å². The molecule has 152 valence electrons. The molecule has 0 spiro atoms. The van der Waals surface area contributed by atoms with Gasteiger partial charge in [0.15, 0.2) is 11.8 Å². The smallest absolute Gasteiger partial charge is 0.191 e. The number of nitrogens with one attached hydrogen (secondary N) is 3. The molecule has 1 aliphatic carbocycles. The average molecular weight is 496 g/mol. The molecule has 0 bridgehead atoms. The molecule has 4 rings (SSSR count). The van der Waals surface area contributed by atoms with Gasteiger partial charge in [0.1, 0.15) is 6.33 Å². The summed E-state index contributed by atoms with van der Waals surface area (Å²) >= 11 is 0. The van der Waals surface area contributed by atoms with Crippen LogP contribution in [-0.2, 0) is 11.3 Å². The van der Waals surface area contributed by atoms with Crippen LogP contribution in [0.25, 0.3) is 11.4 Å². The number of halogens is 1. The molecule has 1 aromatic carbocycles. The SMILES string of the molecule is CCNC(=NCc1cccc(-c2ncn[nH]2)c1)NC1C2CCOC2C1(C)C.I. The van der Waals surface area contributed by atoms with Crippen molar-refractivity contribution < 1.29 is 4.74 Å². The summed E-state index contributed by atoms with van der Waals surface area (Å²) in [4.78, 5) is 9.03. The van der Waals surface area contributed by atoms with Crippen molar-refractivity contribution >= 4 is 29.9 Å². The van der Waals surface area contributed by atoms with Gasteiger partial charge in [0.05, 0.1) is 12.6 Å². The van der Waals surface area contributed by atoms with Gasteiger partial charge in [-0.1, -0.05) is 32.0 Å². The lowest BCUT2D eigenvalue weighted by Crippen LogP contribution is -2.67. The van der Waals surface area contributed by atoms with Crippen molar-refractivity contribution in [3.05, 3.63) is 36.2 Å². The number of ether oxygens (including phenoxy) is 1. The van der Waals surface area contributed by atoms with Crippen LogP contribution in [0.2, 0.25) is 0 Å². The molecule has 0 amide bonds. The summed E-state index contributed by atoms with van der Waals surface area (Å²) in [6.45, 7) is 8.97. The minimum Gasteiger partial charge on any atom is -0.377 e. The van der Waals surface area contributed by atoms with Crippen LogP contribution in [0.15, 0.2) is 35.6 Å². The first-order valence-electron chi connectivity index (χ1n) is 9.70. The molecule has 0 radical (unpaired) electrons. The first-order chi connectivity index (χ1) is 13.1. The Bertz CT molecular complexity index is 807. The third-order valence-corrected chi connectivity index (χ3v) is 5.77. The van der Waals surface area contributed by atoms with Gasteiger partial charge in [-0.2, -0.15) is 5.10 Å². The second-order valence-corrected chi connectivity index (χ2v) is 7.92. The van der Waals surface area contributed by atoms with Crippen LogP contribution in [0.3, 0.4) is 0 Å². The van der Waals surface area contributed by atoms with Crippen molar-refractivity contribution in [2.24, 2.45) is 16.3 Å². The maximum absolute atomic E-state index is 5.90. The Morgan fingerprint density at radius 1 is 1.39 bits per heavy atom. The second-order valence-electron chi connectivity index (χ2n) is 7.92. The second kappa shape index (κ2) is 8.77. The number of aromatic nitrogens is 3. The zero-order chi connectivity index (χ0) is 18.9. The summed E-state index contributed by atoms with van der Waals surface area (Å²) in [5.74, 6) is 2.22. The fourth-order valence-corrected chi connectivity index (χ4v) is 4.42. The predicted octanol–water partition coefficient (Wildman–Crippen LogP) is 2.96. The summed E-state index contributed by atoms with van der Waals surface area (Å²) in [7, 11) is 0. The Kier molecular flexibility index (Phi) is 6.59. The van der Waals surface area contributed by atoms with E-state index in [1.54, 1.807) is 0 Å². The molecule has 1 aromatic heterocycles. The summed E-state index contributed by atoms with van der Waals surface area (Å²) in [6, 6.07) is 8.62. The van der Waals surface area contributed by atoms with Gasteiger partial charge >= 0.3 is 0 Å². The highest BCUT2D eigenvalue weighted by Gasteiger charge is 2.59. The number of H-pyrrole nitrogens is 1. The normalized spacial score (nSPS) is 25.4. The summed E-state index contributed by atoms with van der Waals surface area (Å²) < 4.78 is 5.90. The van der Waals surface area contributed by atoms with Crippen LogP contribution < -0.4 is 10.6 Å². The molecule has 2 aromatic rings. The van der Waals surface area contributed by atoms with Crippen molar-refractivity contribution in [2.45, 2.75) is 45.9 Å². The lowest BCUT2D eigenvalue weighted by molar-refractivity contribution is -0.106. The van der Waals surface area contributed by atoms with Crippen molar-refractivity contribution in [1.29, 1.82) is 0 Å². The maximum atomic E-state index is 5.90. The first kappa shape index (κ1) is 21.0. The molecule has 28 heavy (non-hydrogen) atoms. The van der Waals surface area contributed by atoms with Crippen molar-refractivity contribution in [2.75, 3.05) is 13.2 Å². The van der Waals surface area contributed by atoms with Gasteiger partial charge in [-0.25, -0.2) is 9.98 Å². The fourth-order valence-electron chi connectivity index (χ4n) is 4.42. The zero-order valence-electron chi connectivity index (χ0n) is 16.6. The predicted molar refractivity (Wildman–Crippen MR) is 121 cm³/mol. The number of nitrogens with zero attached hydrogens (tertiary/aromatic N) is 3. The van der Waals surface area contributed by atoms with Crippen LogP contribution in [0.1, 0.15) is 32.8 Å². The molecular weight excluding hydrogens is 467 g/mol. The molecule has 1 aliphatic heterocycles. The van der Waals surface area contributed by atoms with E-state index in [1.807, 2.05) is 12.1 Å². The van der Waals surface area contributed by atoms with Gasteiger partial charge < -0.3 is 15.4 Å². The van der Waals surface area contributed by atoms with Crippen LogP contribution in [-0.4, -0.2) is 46.4 Å². The number of hydrogen-bond donors (Lipinski definition) is 3. The number of aliphatic imine (C=N–C) groups is 1. The Morgan fingerprint density at radius 2 is 2.25 bits per heavy atom. The van der Waals surface area contributed by atoms with Crippen molar-refractivity contribution in [1.82, 2.24) is 25.8 Å². The van der Waals surface area contributed by atoms with Crippen molar-refractivity contribution in [3.8, 4) is 11.4 Å². The van der Waals surface area contributed by atoms with Gasteiger partial charge in [0.25, 0.3) is 0 Å². The van der Waals surface area contributed by atoms with Gasteiger partial charge in [0.2, 0.25) is 0 Å². The van der Waals surface area contributed by atoms with E-state index in [9.17, 15) is 0 Å². The van der Waals surface area contributed by atoms with Gasteiger partial charge in [0, 0.05) is 36.1 Å². The van der Waals surface area contributed by atoms with E-state index in [0.717, 1.165) is 42.5 Å². The largest absolute Gasteiger partial charge is 0.377 e. The van der Waals surface area contributed by atoms with E-state index in [-0.39, 0.29) is 29.4 Å². The summed E-state index contributed by atoms with van der Waals surface area (Å²) in [5, 5.41) is 13.9. The molecule has 1 saturated carbocycles. The molecule has 3 N–H and O–H groups in total. The molecule has 2 aliphatic rings. The van der Waals surface area contributed by atoms with E-state index in [0.29, 0.717) is 24.6 Å². The number of hydrogen-bond acceptors (Lipinski definition) is 4. The molecule has 3 unspecified atom stereocenters. The van der Waals surface area contributed by atoms with Crippen LogP contribution in [0.5, 0.6) is 0 Å². The lowest BCUT2D eigenvalue weighted by atomic mass is 9.57. The van der Waals surface area contributed by atoms with Gasteiger partial charge in [-0.15, -0.1) is 24.0 Å². The number of guanidine groups is 1. The number of benzene rings is 1. The van der Waals surface area contributed by atoms with Crippen LogP contribution >= 0.6 is 24.0 Å². The third-order valence-electron chi connectivity index (χ3n) is 5.77. The third kappa shape index (κ3) is 4.03. The van der Waals surface area contributed by atoms with Crippen LogP contribution in [0.4, 0.5) is 0 Å². The molecule has 1 saturated heterocycles. The van der Waals surface area contributed by atoms with Gasteiger partial charge in [-0.3, -0.25) is 5.10 Å². The van der Waals surface area contributed by atoms with Gasteiger partial charge in [-0.05, 0) is 25.0 Å². The quantitative estimate of drug-likeness (QED) is 0.337. The van der Waals surface area contributed by atoms with E-state index in [4.69, 9.17) is 9.73 Å². The Morgan fingerprint density at radius 3 is 3.00 bits per heavy atom. The molecule has 2 heterocycles. The topological polar surface area (TPSA) is 87.2 Å². The van der Waals surface area contributed by atoms with E-state index >= 15 is 0 Å². The minimum atomic E-state index is 0. The lowest BCUT2D eigenvalue weighted by Gasteiger charge is -2.54. The first-order valence-corrected chi connectivity index (χ1v) is 9.70. The minimum absolute atomic E-state index is 0. The molecule has 2 fully saturated rings. The van der Waals surface area contributed by atoms with E-state index < -0.39 is 0 Å². The van der Waals surface area contributed by atoms with E-state index in [1.165, 1.54) is 6.33 Å². The highest BCUT2D eigenvalue weighted by molar-refractivity contribution is 14.0. The highest BCUT2D eigenvalue weighted by Crippen LogP contribution is 2.52. The zero-order valence-corrected chi connectivity index (χ0v) is 18.9. The molecule has 8 heteroatoms. The molecular formula is C20H29IN6O. The fraction of sp³-hybridized carbons (Fsp3) is 0.550. The standard InChI is InChI=1S/C20H28N6O.HI/c1-4-21-19(25-16-15-8-9-27-17(15)20(16,2)3)22-11-13-6-5-7-14(10-13)18-23-12-24-26-18;/h5-7,10,12,15-17H,4,8-9,11H2,1-3H3,(H2,21,22,25)(H,23,24,26);1H. The summed E-state index contributed by atoms with van der Waals surface area (Å²) in [6.07, 6.45) is 3.02. The van der Waals surface area contributed by atoms with E-state index in [2.05, 4.69) is 58.7 Å². The average Bonchev–Trinajstić information content (AvgIpc) is 3.35. The number of aromatic amines is 1. The Hall–Kier alpha value is -1.68. The van der Waals surface area contributed by atoms with Crippen LogP contribution in [0, 0.1) is 11.3 Å². The van der Waals surface area contributed by atoms with Crippen molar-refractivity contribution in [3.63, 3.8) is 0 Å². The Balaban J connectivity index is 0.00000225. The maximum Gasteiger partial charge on any atom is 0.191 e. The molecule has 3 atom stereocenters.